The Bertz CT molecular complexity index is 1020. The van der Waals surface area contributed by atoms with Gasteiger partial charge in [-0.15, -0.1) is 0 Å². The number of carbonyl (C=O) groups is 2. The Balaban J connectivity index is 1.76. The van der Waals surface area contributed by atoms with Crippen LogP contribution in [0.4, 0.5) is 17.3 Å². The number of hydrogen-bond donors (Lipinski definition) is 2. The molecular weight excluding hydrogens is 364 g/mol. The second-order valence-corrected chi connectivity index (χ2v) is 6.35. The first-order valence-electron chi connectivity index (χ1n) is 8.21. The lowest BCUT2D eigenvalue weighted by Crippen LogP contribution is -2.15. The zero-order valence-corrected chi connectivity index (χ0v) is 15.5. The summed E-state index contributed by atoms with van der Waals surface area (Å²) in [6.45, 7) is 3.38. The van der Waals surface area contributed by atoms with Crippen LogP contribution in [-0.4, -0.2) is 21.7 Å². The number of aromatic nitrogens is 2. The number of halogens is 1. The molecule has 0 bridgehead atoms. The van der Waals surface area contributed by atoms with Gasteiger partial charge in [-0.3, -0.25) is 9.59 Å². The van der Waals surface area contributed by atoms with Gasteiger partial charge in [0.25, 0.3) is 5.91 Å². The minimum atomic E-state index is -0.400. The van der Waals surface area contributed by atoms with Gasteiger partial charge in [0, 0.05) is 28.2 Å². The van der Waals surface area contributed by atoms with Crippen molar-refractivity contribution in [2.75, 3.05) is 10.6 Å². The van der Waals surface area contributed by atoms with Crippen LogP contribution < -0.4 is 10.6 Å². The fraction of sp³-hybridized carbons (Fsp3) is 0.100. The molecule has 0 aliphatic carbocycles. The van der Waals surface area contributed by atoms with E-state index in [-0.39, 0.29) is 17.4 Å². The zero-order chi connectivity index (χ0) is 19.4. The van der Waals surface area contributed by atoms with Gasteiger partial charge in [0.05, 0.1) is 0 Å². The Morgan fingerprint density at radius 2 is 1.85 bits per heavy atom. The molecule has 0 spiro atoms. The molecular formula is C20H17ClN4O2. The van der Waals surface area contributed by atoms with Crippen molar-refractivity contribution in [3.05, 3.63) is 76.6 Å². The van der Waals surface area contributed by atoms with Crippen LogP contribution in [0, 0.1) is 6.92 Å². The molecule has 6 nitrogen and oxygen atoms in total. The van der Waals surface area contributed by atoms with Crippen LogP contribution in [0.5, 0.6) is 0 Å². The van der Waals surface area contributed by atoms with Gasteiger partial charge < -0.3 is 10.6 Å². The van der Waals surface area contributed by atoms with Crippen LogP contribution in [0.15, 0.2) is 54.7 Å². The molecule has 1 heterocycles. The maximum Gasteiger partial charge on any atom is 0.274 e. The first-order chi connectivity index (χ1) is 12.9. The number of amides is 1. The van der Waals surface area contributed by atoms with Crippen molar-refractivity contribution in [3.63, 3.8) is 0 Å². The number of ketones is 1. The highest BCUT2D eigenvalue weighted by Gasteiger charge is 2.11. The number of rotatable bonds is 5. The quantitative estimate of drug-likeness (QED) is 0.630. The Morgan fingerprint density at radius 1 is 1.04 bits per heavy atom. The summed E-state index contributed by atoms with van der Waals surface area (Å²) < 4.78 is 0. The number of hydrogen-bond acceptors (Lipinski definition) is 5. The minimum Gasteiger partial charge on any atom is -0.324 e. The molecule has 27 heavy (non-hydrogen) atoms. The van der Waals surface area contributed by atoms with Gasteiger partial charge in [-0.25, -0.2) is 9.97 Å². The van der Waals surface area contributed by atoms with Crippen LogP contribution in [0.3, 0.4) is 0 Å². The summed E-state index contributed by atoms with van der Waals surface area (Å²) >= 11 is 6.12. The third-order valence-corrected chi connectivity index (χ3v) is 4.25. The standard InChI is InChI=1S/C20H17ClN4O2/c1-12-6-7-16(11-17(12)21)24-20-22-9-8-18(25-20)19(27)23-15-5-3-4-14(10-15)13(2)26/h3-11H,1-2H3,(H,23,27)(H,22,24,25). The first-order valence-corrected chi connectivity index (χ1v) is 8.59. The maximum atomic E-state index is 12.5. The highest BCUT2D eigenvalue weighted by atomic mass is 35.5. The predicted octanol–water partition coefficient (Wildman–Crippen LogP) is 4.64. The number of aryl methyl sites for hydroxylation is 1. The van der Waals surface area contributed by atoms with E-state index < -0.39 is 5.91 Å². The molecule has 136 valence electrons. The van der Waals surface area contributed by atoms with Crippen molar-refractivity contribution < 1.29 is 9.59 Å². The summed E-state index contributed by atoms with van der Waals surface area (Å²) in [6, 6.07) is 13.7. The Labute approximate surface area is 161 Å². The third kappa shape index (κ3) is 4.68. The number of nitrogens with zero attached hydrogens (tertiary/aromatic N) is 2. The molecule has 0 aliphatic rings. The van der Waals surface area contributed by atoms with Gasteiger partial charge >= 0.3 is 0 Å². The zero-order valence-electron chi connectivity index (χ0n) is 14.8. The largest absolute Gasteiger partial charge is 0.324 e. The van der Waals surface area contributed by atoms with Crippen molar-refractivity contribution in [2.45, 2.75) is 13.8 Å². The molecule has 7 heteroatoms. The minimum absolute atomic E-state index is 0.0728. The average Bonchev–Trinajstić information content (AvgIpc) is 2.65. The summed E-state index contributed by atoms with van der Waals surface area (Å²) in [7, 11) is 0. The summed E-state index contributed by atoms with van der Waals surface area (Å²) in [5.74, 6) is -0.195. The van der Waals surface area contributed by atoms with Crippen LogP contribution in [0.25, 0.3) is 0 Å². The normalized spacial score (nSPS) is 10.3. The van der Waals surface area contributed by atoms with E-state index in [9.17, 15) is 9.59 Å². The highest BCUT2D eigenvalue weighted by Crippen LogP contribution is 2.22. The fourth-order valence-electron chi connectivity index (χ4n) is 2.36. The van der Waals surface area contributed by atoms with Gasteiger partial charge in [0.1, 0.15) is 5.69 Å². The van der Waals surface area contributed by atoms with Crippen molar-refractivity contribution in [1.82, 2.24) is 9.97 Å². The number of benzene rings is 2. The number of anilines is 3. The van der Waals surface area contributed by atoms with E-state index in [1.165, 1.54) is 19.2 Å². The maximum absolute atomic E-state index is 12.5. The lowest BCUT2D eigenvalue weighted by Gasteiger charge is -2.09. The smallest absolute Gasteiger partial charge is 0.274 e. The molecule has 0 atom stereocenters. The Morgan fingerprint density at radius 3 is 2.59 bits per heavy atom. The molecule has 1 amide bonds. The van der Waals surface area contributed by atoms with Gasteiger partial charge in [-0.05, 0) is 49.7 Å². The van der Waals surface area contributed by atoms with Crippen molar-refractivity contribution >= 4 is 40.6 Å². The van der Waals surface area contributed by atoms with E-state index in [4.69, 9.17) is 11.6 Å². The second kappa shape index (κ2) is 7.97. The van der Waals surface area contributed by atoms with E-state index in [1.807, 2.05) is 19.1 Å². The number of carbonyl (C=O) groups excluding carboxylic acids is 2. The SMILES string of the molecule is CC(=O)c1cccc(NC(=O)c2ccnc(Nc3ccc(C)c(Cl)c3)n2)c1. The topological polar surface area (TPSA) is 84.0 Å². The van der Waals surface area contributed by atoms with E-state index in [2.05, 4.69) is 20.6 Å². The Hall–Kier alpha value is -3.25. The molecule has 0 radical (unpaired) electrons. The lowest BCUT2D eigenvalue weighted by atomic mass is 10.1. The van der Waals surface area contributed by atoms with Crippen LogP contribution in [0.1, 0.15) is 33.3 Å². The van der Waals surface area contributed by atoms with E-state index in [1.54, 1.807) is 30.3 Å². The third-order valence-electron chi connectivity index (χ3n) is 3.84. The van der Waals surface area contributed by atoms with E-state index >= 15 is 0 Å². The van der Waals surface area contributed by atoms with Gasteiger partial charge in [-0.2, -0.15) is 0 Å². The second-order valence-electron chi connectivity index (χ2n) is 5.95. The first kappa shape index (κ1) is 18.5. The van der Waals surface area contributed by atoms with Crippen LogP contribution in [-0.2, 0) is 0 Å². The molecule has 0 saturated heterocycles. The molecule has 0 aliphatic heterocycles. The van der Waals surface area contributed by atoms with Gasteiger partial charge in [-0.1, -0.05) is 29.8 Å². The molecule has 0 fully saturated rings. The summed E-state index contributed by atoms with van der Waals surface area (Å²) in [5.41, 5.74) is 2.92. The van der Waals surface area contributed by atoms with Crippen molar-refractivity contribution in [3.8, 4) is 0 Å². The summed E-state index contributed by atoms with van der Waals surface area (Å²) in [6.07, 6.45) is 1.49. The van der Waals surface area contributed by atoms with Crippen molar-refractivity contribution in [2.24, 2.45) is 0 Å². The molecule has 0 unspecified atom stereocenters. The van der Waals surface area contributed by atoms with Crippen LogP contribution in [0.2, 0.25) is 5.02 Å². The molecule has 0 saturated carbocycles. The summed E-state index contributed by atoms with van der Waals surface area (Å²) in [4.78, 5) is 32.3. The average molecular weight is 381 g/mol. The van der Waals surface area contributed by atoms with E-state index in [0.717, 1.165) is 11.3 Å². The van der Waals surface area contributed by atoms with Crippen LogP contribution >= 0.6 is 11.6 Å². The molecule has 1 aromatic heterocycles. The molecule has 2 N–H and O–H groups in total. The number of Topliss-reactive ketones (excluding diaryl/α,β-unsaturated/α-hetero) is 1. The Kier molecular flexibility index (Phi) is 5.47. The van der Waals surface area contributed by atoms with Crippen molar-refractivity contribution in [1.29, 1.82) is 0 Å². The molecule has 3 aromatic rings. The predicted molar refractivity (Wildman–Crippen MR) is 106 cm³/mol. The van der Waals surface area contributed by atoms with Gasteiger partial charge in [0.2, 0.25) is 5.95 Å². The fourth-order valence-corrected chi connectivity index (χ4v) is 2.54. The van der Waals surface area contributed by atoms with E-state index in [0.29, 0.717) is 16.3 Å². The molecule has 2 aromatic carbocycles. The molecule has 3 rings (SSSR count). The lowest BCUT2D eigenvalue weighted by molar-refractivity contribution is 0.100. The summed E-state index contributed by atoms with van der Waals surface area (Å²) in [5, 5.41) is 6.38. The van der Waals surface area contributed by atoms with Gasteiger partial charge in [0.15, 0.2) is 5.78 Å². The number of nitrogens with one attached hydrogen (secondary N) is 2. The highest BCUT2D eigenvalue weighted by molar-refractivity contribution is 6.31. The monoisotopic (exact) mass is 380 g/mol.